The summed E-state index contributed by atoms with van der Waals surface area (Å²) in [6, 6.07) is 4.05. The summed E-state index contributed by atoms with van der Waals surface area (Å²) in [5.74, 6) is 0.188. The number of hydrogen-bond acceptors (Lipinski definition) is 3. The monoisotopic (exact) mass is 319 g/mol. The van der Waals surface area contributed by atoms with Gasteiger partial charge >= 0.3 is 0 Å². The lowest BCUT2D eigenvalue weighted by Crippen LogP contribution is -2.20. The van der Waals surface area contributed by atoms with Gasteiger partial charge in [-0.05, 0) is 36.3 Å². The van der Waals surface area contributed by atoms with E-state index in [0.717, 1.165) is 16.8 Å². The SMILES string of the molecule is CC(=Nc1cc(C(C)(C)C)cc(C(C)(C)C)c1O)C(C)C(C)O. The molecule has 0 aromatic heterocycles. The van der Waals surface area contributed by atoms with Gasteiger partial charge in [0.2, 0.25) is 0 Å². The molecule has 0 aliphatic rings. The summed E-state index contributed by atoms with van der Waals surface area (Å²) in [4.78, 5) is 4.63. The van der Waals surface area contributed by atoms with E-state index in [1.165, 1.54) is 0 Å². The third kappa shape index (κ3) is 4.81. The fraction of sp³-hybridized carbons (Fsp3) is 0.650. The molecule has 3 heteroatoms. The molecule has 0 heterocycles. The molecule has 0 aliphatic carbocycles. The Morgan fingerprint density at radius 1 is 1.00 bits per heavy atom. The molecular formula is C20H33NO2. The van der Waals surface area contributed by atoms with E-state index in [2.05, 4.69) is 52.6 Å². The van der Waals surface area contributed by atoms with Crippen molar-refractivity contribution in [2.24, 2.45) is 10.9 Å². The van der Waals surface area contributed by atoms with Gasteiger partial charge in [-0.25, -0.2) is 0 Å². The summed E-state index contributed by atoms with van der Waals surface area (Å²) in [6.45, 7) is 18.3. The van der Waals surface area contributed by atoms with Gasteiger partial charge in [0.15, 0.2) is 0 Å². The molecule has 1 aromatic rings. The van der Waals surface area contributed by atoms with Gasteiger partial charge in [0, 0.05) is 17.2 Å². The summed E-state index contributed by atoms with van der Waals surface area (Å²) in [5, 5.41) is 20.5. The Labute approximate surface area is 141 Å². The van der Waals surface area contributed by atoms with Gasteiger partial charge in [-0.2, -0.15) is 0 Å². The molecule has 1 rings (SSSR count). The number of aliphatic hydroxyl groups is 1. The zero-order valence-electron chi connectivity index (χ0n) is 16.2. The van der Waals surface area contributed by atoms with Crippen molar-refractivity contribution < 1.29 is 10.2 Å². The third-order valence-corrected chi connectivity index (χ3v) is 4.44. The van der Waals surface area contributed by atoms with Crippen molar-refractivity contribution in [2.45, 2.75) is 79.2 Å². The Hall–Kier alpha value is -1.35. The molecule has 0 fully saturated rings. The van der Waals surface area contributed by atoms with Gasteiger partial charge < -0.3 is 10.2 Å². The number of rotatable bonds is 3. The van der Waals surface area contributed by atoms with Crippen molar-refractivity contribution in [3.63, 3.8) is 0 Å². The third-order valence-electron chi connectivity index (χ3n) is 4.44. The maximum Gasteiger partial charge on any atom is 0.144 e. The van der Waals surface area contributed by atoms with Gasteiger partial charge in [0.1, 0.15) is 11.4 Å². The van der Waals surface area contributed by atoms with Crippen molar-refractivity contribution in [2.75, 3.05) is 0 Å². The zero-order chi connectivity index (χ0) is 18.2. The van der Waals surface area contributed by atoms with Crippen LogP contribution in [0.5, 0.6) is 5.75 Å². The highest BCUT2D eigenvalue weighted by molar-refractivity contribution is 5.88. The largest absolute Gasteiger partial charge is 0.505 e. The van der Waals surface area contributed by atoms with Gasteiger partial charge in [-0.1, -0.05) is 54.5 Å². The second-order valence-electron chi connectivity index (χ2n) is 8.67. The molecular weight excluding hydrogens is 286 g/mol. The van der Waals surface area contributed by atoms with Gasteiger partial charge in [-0.15, -0.1) is 0 Å². The molecule has 130 valence electrons. The maximum atomic E-state index is 10.7. The number of phenolic OH excluding ortho intramolecular Hbond substituents is 1. The van der Waals surface area contributed by atoms with Crippen LogP contribution < -0.4 is 0 Å². The van der Waals surface area contributed by atoms with Crippen LogP contribution in [-0.4, -0.2) is 22.0 Å². The number of aromatic hydroxyl groups is 1. The molecule has 2 atom stereocenters. The molecule has 0 radical (unpaired) electrons. The molecule has 0 spiro atoms. The number of aliphatic hydroxyl groups excluding tert-OH is 1. The molecule has 0 aliphatic heterocycles. The first kappa shape index (κ1) is 19.7. The van der Waals surface area contributed by atoms with E-state index in [1.54, 1.807) is 6.92 Å². The maximum absolute atomic E-state index is 10.7. The van der Waals surface area contributed by atoms with E-state index in [1.807, 2.05) is 19.9 Å². The van der Waals surface area contributed by atoms with E-state index in [-0.39, 0.29) is 22.5 Å². The van der Waals surface area contributed by atoms with Crippen LogP contribution in [0.1, 0.15) is 73.4 Å². The standard InChI is InChI=1S/C20H33NO2/c1-12(14(3)22)13(2)21-17-11-15(19(4,5)6)10-16(18(17)23)20(7,8)9/h10-12,14,22-23H,1-9H3. The molecule has 0 amide bonds. The first-order valence-electron chi connectivity index (χ1n) is 8.36. The average Bonchev–Trinajstić information content (AvgIpc) is 2.37. The molecule has 3 nitrogen and oxygen atoms in total. The Morgan fingerprint density at radius 3 is 1.91 bits per heavy atom. The van der Waals surface area contributed by atoms with Crippen LogP contribution in [0.4, 0.5) is 5.69 Å². The number of hydrogen-bond donors (Lipinski definition) is 2. The molecule has 1 aromatic carbocycles. The number of benzene rings is 1. The van der Waals surface area contributed by atoms with Crippen LogP contribution in [0.15, 0.2) is 17.1 Å². The van der Waals surface area contributed by atoms with Crippen molar-refractivity contribution in [3.05, 3.63) is 23.3 Å². The zero-order valence-corrected chi connectivity index (χ0v) is 16.2. The van der Waals surface area contributed by atoms with E-state index in [0.29, 0.717) is 5.69 Å². The van der Waals surface area contributed by atoms with Crippen molar-refractivity contribution >= 4 is 11.4 Å². The van der Waals surface area contributed by atoms with Crippen molar-refractivity contribution in [3.8, 4) is 5.75 Å². The molecule has 2 N–H and O–H groups in total. The molecule has 23 heavy (non-hydrogen) atoms. The van der Waals surface area contributed by atoms with Crippen LogP contribution in [0.3, 0.4) is 0 Å². The Morgan fingerprint density at radius 2 is 1.52 bits per heavy atom. The quantitative estimate of drug-likeness (QED) is 0.762. The first-order valence-corrected chi connectivity index (χ1v) is 8.36. The normalized spacial score (nSPS) is 16.3. The minimum Gasteiger partial charge on any atom is -0.505 e. The van der Waals surface area contributed by atoms with E-state index in [4.69, 9.17) is 0 Å². The van der Waals surface area contributed by atoms with Crippen LogP contribution in [0, 0.1) is 5.92 Å². The van der Waals surface area contributed by atoms with Gasteiger partial charge in [0.25, 0.3) is 0 Å². The lowest BCUT2D eigenvalue weighted by atomic mass is 9.79. The number of aliphatic imine (C=N–C) groups is 1. The molecule has 0 bridgehead atoms. The highest BCUT2D eigenvalue weighted by Gasteiger charge is 2.25. The fourth-order valence-electron chi connectivity index (χ4n) is 2.35. The molecule has 2 unspecified atom stereocenters. The van der Waals surface area contributed by atoms with Crippen LogP contribution >= 0.6 is 0 Å². The second-order valence-corrected chi connectivity index (χ2v) is 8.67. The van der Waals surface area contributed by atoms with Crippen LogP contribution in [0.2, 0.25) is 0 Å². The summed E-state index contributed by atoms with van der Waals surface area (Å²) >= 11 is 0. The minimum atomic E-state index is -0.464. The highest BCUT2D eigenvalue weighted by Crippen LogP contribution is 2.41. The number of nitrogens with zero attached hydrogens (tertiary/aromatic N) is 1. The Bertz CT molecular complexity index is 587. The summed E-state index contributed by atoms with van der Waals surface area (Å²) in [6.07, 6.45) is -0.464. The first-order chi connectivity index (χ1) is 10.2. The van der Waals surface area contributed by atoms with E-state index in [9.17, 15) is 10.2 Å². The van der Waals surface area contributed by atoms with E-state index >= 15 is 0 Å². The smallest absolute Gasteiger partial charge is 0.144 e. The van der Waals surface area contributed by atoms with Gasteiger partial charge in [-0.3, -0.25) is 4.99 Å². The summed E-state index contributed by atoms with van der Waals surface area (Å²) in [7, 11) is 0. The van der Waals surface area contributed by atoms with Crippen LogP contribution in [-0.2, 0) is 10.8 Å². The average molecular weight is 319 g/mol. The Balaban J connectivity index is 3.57. The lowest BCUT2D eigenvalue weighted by Gasteiger charge is -2.27. The minimum absolute atomic E-state index is 0.0260. The lowest BCUT2D eigenvalue weighted by molar-refractivity contribution is 0.165. The van der Waals surface area contributed by atoms with E-state index < -0.39 is 6.10 Å². The van der Waals surface area contributed by atoms with Gasteiger partial charge in [0.05, 0.1) is 6.10 Å². The fourth-order valence-corrected chi connectivity index (χ4v) is 2.35. The summed E-state index contributed by atoms with van der Waals surface area (Å²) in [5.41, 5.74) is 3.27. The molecule has 0 saturated heterocycles. The van der Waals surface area contributed by atoms with Crippen LogP contribution in [0.25, 0.3) is 0 Å². The van der Waals surface area contributed by atoms with Crippen molar-refractivity contribution in [1.82, 2.24) is 0 Å². The van der Waals surface area contributed by atoms with Crippen molar-refractivity contribution in [1.29, 1.82) is 0 Å². The Kier molecular flexibility index (Phi) is 5.69. The molecule has 0 saturated carbocycles. The summed E-state index contributed by atoms with van der Waals surface area (Å²) < 4.78 is 0. The number of phenols is 1. The predicted molar refractivity (Wildman–Crippen MR) is 99.1 cm³/mol. The topological polar surface area (TPSA) is 52.8 Å². The second kappa shape index (κ2) is 6.64. The highest BCUT2D eigenvalue weighted by atomic mass is 16.3. The predicted octanol–water partition coefficient (Wildman–Crippen LogP) is 5.10.